The Morgan fingerprint density at radius 1 is 0.533 bits per heavy atom. The van der Waals surface area contributed by atoms with E-state index in [4.69, 9.17) is 0 Å². The van der Waals surface area contributed by atoms with E-state index in [-0.39, 0.29) is 0 Å². The monoisotopic (exact) mass is 538 g/mol. The van der Waals surface area contributed by atoms with Gasteiger partial charge in [0.2, 0.25) is 0 Å². The summed E-state index contributed by atoms with van der Waals surface area (Å²) in [6.07, 6.45) is 19.4. The molecule has 0 heterocycles. The summed E-state index contributed by atoms with van der Waals surface area (Å²) in [6, 6.07) is 22.8. The Kier molecular flexibility index (Phi) is 12.0. The Morgan fingerprint density at radius 2 is 0.900 bits per heavy atom. The van der Waals surface area contributed by atoms with Crippen LogP contribution >= 0.6 is 26.3 Å². The van der Waals surface area contributed by atoms with Crippen LogP contribution in [0.25, 0.3) is 0 Å². The van der Waals surface area contributed by atoms with Gasteiger partial charge < -0.3 is 0 Å². The fourth-order valence-corrected chi connectivity index (χ4v) is 14.4. The molecular weight excluding hydrogens is 494 g/mol. The zero-order valence-electron chi connectivity index (χ0n) is 19.5. The predicted octanol–water partition coefficient (Wildman–Crippen LogP) is 10.2. The summed E-state index contributed by atoms with van der Waals surface area (Å²) in [7, 11) is 0. The Balaban J connectivity index is 2.24. The molecule has 168 valence electrons. The molecule has 0 bridgehead atoms. The molecule has 0 amide bonds. The van der Waals surface area contributed by atoms with Gasteiger partial charge in [-0.3, -0.25) is 0 Å². The van der Waals surface area contributed by atoms with Crippen molar-refractivity contribution >= 4 is 26.3 Å². The summed E-state index contributed by atoms with van der Waals surface area (Å²) >= 11 is 3.07. The molecular formula is C28H44IP. The average molecular weight is 539 g/mol. The molecule has 0 radical (unpaired) electrons. The van der Waals surface area contributed by atoms with E-state index < -0.39 is 4.25 Å². The summed E-state index contributed by atoms with van der Waals surface area (Å²) in [5.41, 5.74) is 3.12. The Hall–Kier alpha value is -0.400. The maximum absolute atomic E-state index is 3.07. The van der Waals surface area contributed by atoms with Gasteiger partial charge in [0.15, 0.2) is 0 Å². The van der Waals surface area contributed by atoms with Gasteiger partial charge >= 0.3 is 201 Å². The third-order valence-electron chi connectivity index (χ3n) is 6.48. The molecule has 0 atom stereocenters. The third-order valence-corrected chi connectivity index (χ3v) is 16.6. The van der Waals surface area contributed by atoms with Gasteiger partial charge in [0.1, 0.15) is 0 Å². The molecule has 2 heteroatoms. The predicted molar refractivity (Wildman–Crippen MR) is 148 cm³/mol. The molecule has 0 aliphatic heterocycles. The maximum atomic E-state index is 3.07. The summed E-state index contributed by atoms with van der Waals surface area (Å²) in [4.78, 5) is 0. The van der Waals surface area contributed by atoms with E-state index in [2.05, 4.69) is 96.6 Å². The first-order chi connectivity index (χ1) is 14.6. The van der Waals surface area contributed by atoms with Crippen LogP contribution < -0.4 is 0 Å². The minimum absolute atomic E-state index is 1.31. The van der Waals surface area contributed by atoms with Gasteiger partial charge in [-0.05, 0) is 0 Å². The second-order valence-corrected chi connectivity index (χ2v) is 22.7. The molecule has 0 nitrogen and oxygen atoms in total. The molecule has 2 aromatic carbocycles. The standard InChI is InChI=1S/C28H44IP/c1-3-5-7-9-17-23-30(29,24-18-10-8-6-4-2,25-27-19-13-11-14-20-27)26-28-21-15-12-16-22-28/h11-16,19-22H,3-10,17-18,23-26H2,1-2H3. The summed E-state index contributed by atoms with van der Waals surface area (Å²) in [5.74, 6) is 0. The van der Waals surface area contributed by atoms with Gasteiger partial charge in [-0.2, -0.15) is 0 Å². The van der Waals surface area contributed by atoms with Gasteiger partial charge in [0, 0.05) is 0 Å². The van der Waals surface area contributed by atoms with Crippen molar-refractivity contribution in [2.45, 2.75) is 90.4 Å². The Bertz CT molecular complexity index is 623. The van der Waals surface area contributed by atoms with Crippen molar-refractivity contribution in [3.63, 3.8) is 0 Å². The fraction of sp³-hybridized carbons (Fsp3) is 0.571. The molecule has 30 heavy (non-hydrogen) atoms. The van der Waals surface area contributed by atoms with E-state index >= 15 is 0 Å². The molecule has 0 spiro atoms. The first-order valence-corrected chi connectivity index (χ1v) is 18.1. The SMILES string of the molecule is CCCCCCCP(I)(CCCCCCC)(Cc1ccccc1)Cc1ccccc1. The Morgan fingerprint density at radius 3 is 1.27 bits per heavy atom. The zero-order valence-corrected chi connectivity index (χ0v) is 22.6. The summed E-state index contributed by atoms with van der Waals surface area (Å²) in [5, 5.41) is 0. The Labute approximate surface area is 200 Å². The van der Waals surface area contributed by atoms with Gasteiger partial charge in [0.25, 0.3) is 0 Å². The van der Waals surface area contributed by atoms with Crippen molar-refractivity contribution in [1.29, 1.82) is 0 Å². The third kappa shape index (κ3) is 9.39. The van der Waals surface area contributed by atoms with Crippen LogP contribution in [0.5, 0.6) is 0 Å². The number of rotatable bonds is 16. The number of benzene rings is 2. The van der Waals surface area contributed by atoms with Crippen LogP contribution in [0.4, 0.5) is 0 Å². The normalized spacial score (nSPS) is 13.1. The van der Waals surface area contributed by atoms with Crippen LogP contribution in [0.2, 0.25) is 0 Å². The molecule has 0 saturated carbocycles. The summed E-state index contributed by atoms with van der Waals surface area (Å²) < 4.78 is -1.93. The van der Waals surface area contributed by atoms with E-state index in [0.29, 0.717) is 0 Å². The number of unbranched alkanes of at least 4 members (excludes halogenated alkanes) is 8. The van der Waals surface area contributed by atoms with Crippen molar-refractivity contribution in [2.75, 3.05) is 12.3 Å². The number of halogens is 1. The van der Waals surface area contributed by atoms with Crippen LogP contribution in [0.15, 0.2) is 60.7 Å². The van der Waals surface area contributed by atoms with E-state index in [9.17, 15) is 0 Å². The van der Waals surface area contributed by atoms with E-state index in [1.807, 2.05) is 0 Å². The molecule has 0 aliphatic rings. The zero-order chi connectivity index (χ0) is 21.6. The fourth-order valence-electron chi connectivity index (χ4n) is 4.78. The van der Waals surface area contributed by atoms with Crippen molar-refractivity contribution < 1.29 is 0 Å². The van der Waals surface area contributed by atoms with E-state index in [1.165, 1.54) is 88.9 Å². The van der Waals surface area contributed by atoms with Crippen LogP contribution in [-0.2, 0) is 12.3 Å². The van der Waals surface area contributed by atoms with Crippen LogP contribution in [0, 0.1) is 0 Å². The van der Waals surface area contributed by atoms with Crippen LogP contribution in [-0.4, -0.2) is 12.3 Å². The van der Waals surface area contributed by atoms with Crippen LogP contribution in [0.3, 0.4) is 0 Å². The molecule has 0 N–H and O–H groups in total. The summed E-state index contributed by atoms with van der Waals surface area (Å²) in [6.45, 7) is 4.64. The molecule has 0 aliphatic carbocycles. The quantitative estimate of drug-likeness (QED) is 0.113. The topological polar surface area (TPSA) is 0 Å². The van der Waals surface area contributed by atoms with Crippen molar-refractivity contribution in [3.8, 4) is 0 Å². The van der Waals surface area contributed by atoms with Gasteiger partial charge in [-0.25, -0.2) is 0 Å². The van der Waals surface area contributed by atoms with Crippen molar-refractivity contribution in [3.05, 3.63) is 71.8 Å². The molecule has 0 aromatic heterocycles. The number of hydrogen-bond acceptors (Lipinski definition) is 0. The molecule has 0 saturated heterocycles. The molecule has 2 aromatic rings. The van der Waals surface area contributed by atoms with Gasteiger partial charge in [-0.15, -0.1) is 0 Å². The minimum atomic E-state index is -1.93. The first-order valence-electron chi connectivity index (χ1n) is 12.4. The van der Waals surface area contributed by atoms with Gasteiger partial charge in [0.05, 0.1) is 0 Å². The first kappa shape index (κ1) is 25.9. The van der Waals surface area contributed by atoms with Gasteiger partial charge in [-0.1, -0.05) is 0 Å². The van der Waals surface area contributed by atoms with Crippen molar-refractivity contribution in [2.24, 2.45) is 0 Å². The molecule has 2 rings (SSSR count). The molecule has 0 unspecified atom stereocenters. The van der Waals surface area contributed by atoms with Crippen molar-refractivity contribution in [1.82, 2.24) is 0 Å². The number of hydrogen-bond donors (Lipinski definition) is 0. The van der Waals surface area contributed by atoms with Crippen LogP contribution in [0.1, 0.15) is 89.2 Å². The second-order valence-electron chi connectivity index (χ2n) is 9.38. The van der Waals surface area contributed by atoms with E-state index in [0.717, 1.165) is 0 Å². The molecule has 0 fully saturated rings. The second kappa shape index (κ2) is 13.9. The van der Waals surface area contributed by atoms with E-state index in [1.54, 1.807) is 11.1 Å². The average Bonchev–Trinajstić information content (AvgIpc) is 2.75.